The minimum Gasteiger partial charge on any atom is -0.504 e. The number of alkyl halides is 3. The molecule has 8 heteroatoms. The van der Waals surface area contributed by atoms with Crippen molar-refractivity contribution >= 4 is 10.1 Å². The van der Waals surface area contributed by atoms with Gasteiger partial charge in [-0.3, -0.25) is 0 Å². The van der Waals surface area contributed by atoms with Crippen LogP contribution in [0, 0.1) is 0 Å². The van der Waals surface area contributed by atoms with Crippen molar-refractivity contribution in [2.24, 2.45) is 0 Å². The number of halogens is 3. The molecule has 0 fully saturated rings. The molecule has 0 amide bonds. The quantitative estimate of drug-likeness (QED) is 0.675. The highest BCUT2D eigenvalue weighted by atomic mass is 32.2. The molecule has 1 aromatic rings. The Morgan fingerprint density at radius 1 is 1.35 bits per heavy atom. The van der Waals surface area contributed by atoms with Gasteiger partial charge in [-0.1, -0.05) is 13.0 Å². The minimum absolute atomic E-state index is 0.461. The normalized spacial score (nSPS) is 12.5. The maximum Gasteiger partial charge on any atom is 0.534 e. The van der Waals surface area contributed by atoms with Gasteiger partial charge in [-0.25, -0.2) is 0 Å². The van der Waals surface area contributed by atoms with E-state index >= 15 is 0 Å². The van der Waals surface area contributed by atoms with E-state index in [0.717, 1.165) is 12.1 Å². The first-order valence-electron chi connectivity index (χ1n) is 4.50. The smallest absolute Gasteiger partial charge is 0.504 e. The van der Waals surface area contributed by atoms with E-state index in [1.807, 2.05) is 0 Å². The van der Waals surface area contributed by atoms with Crippen molar-refractivity contribution in [1.82, 2.24) is 0 Å². The molecule has 0 atom stereocenters. The summed E-state index contributed by atoms with van der Waals surface area (Å²) in [6, 6.07) is 3.56. The predicted molar refractivity (Wildman–Crippen MR) is 53.1 cm³/mol. The second-order valence-corrected chi connectivity index (χ2v) is 4.68. The molecule has 0 unspecified atom stereocenters. The Kier molecular flexibility index (Phi) is 3.56. The number of rotatable bonds is 3. The number of benzene rings is 1. The fraction of sp³-hybridized carbons (Fsp3) is 0.333. The Morgan fingerprint density at radius 3 is 2.41 bits per heavy atom. The van der Waals surface area contributed by atoms with Crippen LogP contribution in [0.25, 0.3) is 0 Å². The summed E-state index contributed by atoms with van der Waals surface area (Å²) in [4.78, 5) is 0. The Hall–Kier alpha value is -1.44. The van der Waals surface area contributed by atoms with Gasteiger partial charge in [0.1, 0.15) is 0 Å². The fourth-order valence-corrected chi connectivity index (χ4v) is 1.48. The molecule has 96 valence electrons. The van der Waals surface area contributed by atoms with Gasteiger partial charge < -0.3 is 9.29 Å². The third-order valence-corrected chi connectivity index (χ3v) is 2.88. The summed E-state index contributed by atoms with van der Waals surface area (Å²) in [5.41, 5.74) is -4.99. The second kappa shape index (κ2) is 4.44. The maximum absolute atomic E-state index is 12.0. The summed E-state index contributed by atoms with van der Waals surface area (Å²) in [5.74, 6) is -1.41. The number of phenols is 1. The van der Waals surface area contributed by atoms with Gasteiger partial charge in [-0.15, -0.1) is 0 Å². The molecule has 0 heterocycles. The van der Waals surface area contributed by atoms with E-state index in [2.05, 4.69) is 4.18 Å². The lowest BCUT2D eigenvalue weighted by Crippen LogP contribution is -2.28. The highest BCUT2D eigenvalue weighted by Gasteiger charge is 2.48. The van der Waals surface area contributed by atoms with E-state index in [9.17, 15) is 26.7 Å². The number of hydrogen-bond donors (Lipinski definition) is 1. The zero-order chi connectivity index (χ0) is 13.3. The predicted octanol–water partition coefficient (Wildman–Crippen LogP) is 2.18. The molecule has 17 heavy (non-hydrogen) atoms. The van der Waals surface area contributed by atoms with Crippen LogP contribution in [0.2, 0.25) is 0 Å². The van der Waals surface area contributed by atoms with Crippen LogP contribution in [0.3, 0.4) is 0 Å². The van der Waals surface area contributed by atoms with Crippen LogP contribution >= 0.6 is 0 Å². The number of phenolic OH excluding ortho intramolecular Hbond substituents is 1. The van der Waals surface area contributed by atoms with Crippen LogP contribution in [-0.2, 0) is 16.5 Å². The van der Waals surface area contributed by atoms with Crippen molar-refractivity contribution in [3.8, 4) is 11.5 Å². The van der Waals surface area contributed by atoms with Gasteiger partial charge in [0.05, 0.1) is 0 Å². The first-order chi connectivity index (χ1) is 7.67. The number of aromatic hydroxyl groups is 1. The molecule has 0 aliphatic rings. The zero-order valence-electron chi connectivity index (χ0n) is 8.65. The van der Waals surface area contributed by atoms with Gasteiger partial charge in [0.2, 0.25) is 0 Å². The van der Waals surface area contributed by atoms with E-state index in [4.69, 9.17) is 0 Å². The third kappa shape index (κ3) is 3.02. The molecule has 1 aromatic carbocycles. The second-order valence-electron chi connectivity index (χ2n) is 3.14. The molecule has 0 saturated heterocycles. The van der Waals surface area contributed by atoms with E-state index in [1.165, 1.54) is 6.07 Å². The molecular weight excluding hydrogens is 261 g/mol. The number of aryl methyl sites for hydroxylation is 1. The molecule has 0 aromatic heterocycles. The summed E-state index contributed by atoms with van der Waals surface area (Å²) in [6.45, 7) is 1.72. The molecule has 0 bridgehead atoms. The van der Waals surface area contributed by atoms with Crippen LogP contribution in [0.15, 0.2) is 18.2 Å². The first kappa shape index (κ1) is 13.6. The molecule has 0 radical (unpaired) electrons. The van der Waals surface area contributed by atoms with Gasteiger partial charge in [0.25, 0.3) is 0 Å². The van der Waals surface area contributed by atoms with Gasteiger partial charge in [0.15, 0.2) is 11.5 Å². The summed E-state index contributed by atoms with van der Waals surface area (Å²) >= 11 is 0. The molecule has 1 N–H and O–H groups in total. The Labute approximate surface area is 95.8 Å². The largest absolute Gasteiger partial charge is 0.534 e. The zero-order valence-corrected chi connectivity index (χ0v) is 9.47. The lowest BCUT2D eigenvalue weighted by molar-refractivity contribution is -0.0500. The molecule has 1 rings (SSSR count). The summed E-state index contributed by atoms with van der Waals surface area (Å²) in [6.07, 6.45) is 0.461. The van der Waals surface area contributed by atoms with Gasteiger partial charge >= 0.3 is 15.6 Å². The van der Waals surface area contributed by atoms with Crippen LogP contribution in [0.4, 0.5) is 13.2 Å². The lowest BCUT2D eigenvalue weighted by Gasteiger charge is -2.11. The van der Waals surface area contributed by atoms with E-state index in [1.54, 1.807) is 6.92 Å². The molecule has 0 aliphatic carbocycles. The molecule has 4 nitrogen and oxygen atoms in total. The SMILES string of the molecule is CCc1ccc(O)c(OS(=O)(=O)C(F)(F)F)c1. The highest BCUT2D eigenvalue weighted by Crippen LogP contribution is 2.32. The molecule has 0 aliphatic heterocycles. The van der Waals surface area contributed by atoms with Gasteiger partial charge in [0, 0.05) is 0 Å². The monoisotopic (exact) mass is 270 g/mol. The highest BCUT2D eigenvalue weighted by molar-refractivity contribution is 7.88. The Bertz CT molecular complexity index is 507. The fourth-order valence-electron chi connectivity index (χ4n) is 1.01. The maximum atomic E-state index is 12.0. The number of hydrogen-bond acceptors (Lipinski definition) is 4. The molecule has 0 saturated carbocycles. The van der Waals surface area contributed by atoms with Crippen molar-refractivity contribution in [3.63, 3.8) is 0 Å². The van der Waals surface area contributed by atoms with Crippen LogP contribution < -0.4 is 4.18 Å². The Morgan fingerprint density at radius 2 is 1.94 bits per heavy atom. The molecule has 0 spiro atoms. The standard InChI is InChI=1S/C9H9F3O4S/c1-2-6-3-4-7(13)8(5-6)16-17(14,15)9(10,11)12/h3-5,13H,2H2,1H3. The van der Waals surface area contributed by atoms with E-state index in [0.29, 0.717) is 12.0 Å². The van der Waals surface area contributed by atoms with Crippen LogP contribution in [0.5, 0.6) is 11.5 Å². The topological polar surface area (TPSA) is 63.6 Å². The minimum atomic E-state index is -5.76. The van der Waals surface area contributed by atoms with Crippen molar-refractivity contribution in [2.75, 3.05) is 0 Å². The average molecular weight is 270 g/mol. The third-order valence-electron chi connectivity index (χ3n) is 1.92. The summed E-state index contributed by atoms with van der Waals surface area (Å²) in [7, 11) is -5.76. The van der Waals surface area contributed by atoms with Crippen molar-refractivity contribution in [2.45, 2.75) is 18.9 Å². The lowest BCUT2D eigenvalue weighted by atomic mass is 10.1. The van der Waals surface area contributed by atoms with E-state index in [-0.39, 0.29) is 0 Å². The summed E-state index contributed by atoms with van der Waals surface area (Å²) in [5, 5.41) is 9.20. The van der Waals surface area contributed by atoms with E-state index < -0.39 is 27.1 Å². The van der Waals surface area contributed by atoms with Crippen molar-refractivity contribution in [1.29, 1.82) is 0 Å². The van der Waals surface area contributed by atoms with Crippen LogP contribution in [-0.4, -0.2) is 19.0 Å². The van der Waals surface area contributed by atoms with Gasteiger partial charge in [-0.2, -0.15) is 21.6 Å². The van der Waals surface area contributed by atoms with Gasteiger partial charge in [-0.05, 0) is 24.1 Å². The van der Waals surface area contributed by atoms with Crippen molar-refractivity contribution in [3.05, 3.63) is 23.8 Å². The average Bonchev–Trinajstić information content (AvgIpc) is 2.19. The molecular formula is C9H9F3O4S. The van der Waals surface area contributed by atoms with Crippen molar-refractivity contribution < 1.29 is 30.9 Å². The summed E-state index contributed by atoms with van der Waals surface area (Å²) < 4.78 is 61.4. The Balaban J connectivity index is 3.12. The van der Waals surface area contributed by atoms with Crippen LogP contribution in [0.1, 0.15) is 12.5 Å². The first-order valence-corrected chi connectivity index (χ1v) is 5.91.